The van der Waals surface area contributed by atoms with Crippen LogP contribution in [0.5, 0.6) is 0 Å². The van der Waals surface area contributed by atoms with Gasteiger partial charge in [-0.2, -0.15) is 0 Å². The van der Waals surface area contributed by atoms with Gasteiger partial charge in [-0.15, -0.1) is 0 Å². The summed E-state index contributed by atoms with van der Waals surface area (Å²) >= 11 is 0. The summed E-state index contributed by atoms with van der Waals surface area (Å²) in [6.45, 7) is 10.5. The first-order valence-electron chi connectivity index (χ1n) is 11.7. The lowest BCUT2D eigenvalue weighted by Crippen LogP contribution is -2.67. The van der Waals surface area contributed by atoms with E-state index < -0.39 is 22.9 Å². The second-order valence-electron chi connectivity index (χ2n) is 11.3. The number of hydrogen-bond acceptors (Lipinski definition) is 5. The third kappa shape index (κ3) is 3.13. The van der Waals surface area contributed by atoms with Crippen LogP contribution >= 0.6 is 0 Å². The third-order valence-corrected chi connectivity index (χ3v) is 9.32. The Kier molecular flexibility index (Phi) is 4.74. The summed E-state index contributed by atoms with van der Waals surface area (Å²) in [4.78, 5) is 0. The molecule has 5 nitrogen and oxygen atoms in total. The van der Waals surface area contributed by atoms with Crippen LogP contribution in [0.25, 0.3) is 11.0 Å². The Morgan fingerprint density at radius 1 is 1.03 bits per heavy atom. The molecular formula is C25H35BO5. The maximum absolute atomic E-state index is 10.9. The predicted molar refractivity (Wildman–Crippen MR) is 121 cm³/mol. The van der Waals surface area contributed by atoms with Crippen molar-refractivity contribution in [2.45, 2.75) is 89.5 Å². The van der Waals surface area contributed by atoms with Crippen molar-refractivity contribution in [3.8, 4) is 0 Å². The second kappa shape index (κ2) is 6.83. The van der Waals surface area contributed by atoms with Gasteiger partial charge in [0.25, 0.3) is 0 Å². The molecule has 2 heterocycles. The molecule has 2 aliphatic carbocycles. The van der Waals surface area contributed by atoms with Gasteiger partial charge in [-0.3, -0.25) is 0 Å². The van der Waals surface area contributed by atoms with E-state index in [1.165, 1.54) is 0 Å². The van der Waals surface area contributed by atoms with Gasteiger partial charge in [0.1, 0.15) is 5.58 Å². The van der Waals surface area contributed by atoms with E-state index in [9.17, 15) is 10.2 Å². The lowest BCUT2D eigenvalue weighted by Gasteiger charge is -2.66. The highest BCUT2D eigenvalue weighted by Gasteiger charge is 2.65. The Hall–Kier alpha value is -1.34. The van der Waals surface area contributed by atoms with E-state index in [-0.39, 0.29) is 18.5 Å². The molecule has 1 aromatic heterocycles. The van der Waals surface area contributed by atoms with E-state index >= 15 is 0 Å². The fraction of sp³-hybridized carbons (Fsp3) is 0.680. The van der Waals surface area contributed by atoms with Gasteiger partial charge in [0.05, 0.1) is 29.2 Å². The summed E-state index contributed by atoms with van der Waals surface area (Å²) in [6, 6.07) is 8.05. The van der Waals surface area contributed by atoms with E-state index in [0.29, 0.717) is 18.7 Å². The van der Waals surface area contributed by atoms with E-state index in [0.717, 1.165) is 35.8 Å². The summed E-state index contributed by atoms with van der Waals surface area (Å²) in [5, 5.41) is 22.3. The van der Waals surface area contributed by atoms with Gasteiger partial charge in [0.2, 0.25) is 0 Å². The number of aliphatic hydroxyl groups excluding tert-OH is 1. The molecule has 0 spiro atoms. The van der Waals surface area contributed by atoms with Gasteiger partial charge >= 0.3 is 7.12 Å². The van der Waals surface area contributed by atoms with Crippen molar-refractivity contribution in [3.63, 3.8) is 0 Å². The molecule has 6 heteroatoms. The number of aliphatic hydroxyl groups is 2. The van der Waals surface area contributed by atoms with Gasteiger partial charge in [0, 0.05) is 11.7 Å². The molecule has 2 aromatic rings. The zero-order chi connectivity index (χ0) is 22.2. The summed E-state index contributed by atoms with van der Waals surface area (Å²) in [7, 11) is -0.320. The minimum absolute atomic E-state index is 0.0318. The molecule has 2 N–H and O–H groups in total. The molecule has 3 aliphatic rings. The highest BCUT2D eigenvalue weighted by atomic mass is 16.7. The van der Waals surface area contributed by atoms with Gasteiger partial charge in [-0.1, -0.05) is 25.1 Å². The monoisotopic (exact) mass is 426 g/mol. The van der Waals surface area contributed by atoms with Crippen LogP contribution in [0.2, 0.25) is 0 Å². The number of benzene rings is 1. The quantitative estimate of drug-likeness (QED) is 0.688. The predicted octanol–water partition coefficient (Wildman–Crippen LogP) is 4.53. The molecule has 1 aliphatic heterocycles. The van der Waals surface area contributed by atoms with Crippen molar-refractivity contribution < 1.29 is 23.9 Å². The first-order valence-corrected chi connectivity index (χ1v) is 11.7. The second-order valence-corrected chi connectivity index (χ2v) is 11.3. The first kappa shape index (κ1) is 21.5. The summed E-state index contributed by atoms with van der Waals surface area (Å²) < 4.78 is 18.7. The van der Waals surface area contributed by atoms with Crippen LogP contribution < -0.4 is 0 Å². The Bertz CT molecular complexity index is 983. The molecule has 31 heavy (non-hydrogen) atoms. The van der Waals surface area contributed by atoms with Crippen molar-refractivity contribution >= 4 is 18.1 Å². The highest BCUT2D eigenvalue weighted by Crippen LogP contribution is 2.65. The molecule has 3 fully saturated rings. The largest absolute Gasteiger partial charge is 0.464 e. The minimum Gasteiger partial charge on any atom is -0.464 e. The third-order valence-electron chi connectivity index (χ3n) is 9.32. The molecule has 1 saturated heterocycles. The maximum atomic E-state index is 10.9. The molecule has 6 atom stereocenters. The minimum atomic E-state index is -1.00. The molecule has 0 radical (unpaired) electrons. The lowest BCUT2D eigenvalue weighted by atomic mass is 9.41. The number of hydrogen-bond donors (Lipinski definition) is 2. The Labute approximate surface area is 185 Å². The zero-order valence-corrected chi connectivity index (χ0v) is 19.4. The standard InChI is InChI=1S/C25H35BO5/c1-22(2)24(4,11-10-23(3)17-12-20(23)25(5,28)21(27)13-17)31-26(30-22)14-16-15-29-19-9-7-6-8-18(16)19/h6-9,15,17,20-21,27-28H,10-14H2,1-5H3/t17-,20-,21+,23?,24?,25-/m0/s1. The Balaban J connectivity index is 1.29. The summed E-state index contributed by atoms with van der Waals surface area (Å²) in [6.07, 6.45) is 5.36. The fourth-order valence-electron chi connectivity index (χ4n) is 6.57. The zero-order valence-electron chi connectivity index (χ0n) is 19.4. The number of para-hydroxylation sites is 1. The summed E-state index contributed by atoms with van der Waals surface area (Å²) in [5.74, 6) is 0.603. The molecular weight excluding hydrogens is 391 g/mol. The maximum Gasteiger partial charge on any atom is 0.462 e. The van der Waals surface area contributed by atoms with Crippen LogP contribution in [0.15, 0.2) is 34.9 Å². The van der Waals surface area contributed by atoms with Crippen LogP contribution in [-0.4, -0.2) is 40.2 Å². The van der Waals surface area contributed by atoms with Gasteiger partial charge in [-0.25, -0.2) is 0 Å². The molecule has 5 rings (SSSR count). The van der Waals surface area contributed by atoms with Crippen molar-refractivity contribution in [2.75, 3.05) is 0 Å². The average Bonchev–Trinajstić information content (AvgIpc) is 3.19. The normalized spacial score (nSPS) is 41.5. The molecule has 2 bridgehead atoms. The van der Waals surface area contributed by atoms with Crippen molar-refractivity contribution in [2.24, 2.45) is 17.3 Å². The SMILES string of the molecule is CC1(CCC2(C)OB(Cc3coc4ccccc34)OC2(C)C)[C@@H]2C[C@@H](O)[C@@](C)(O)[C@H]1C2. The first-order chi connectivity index (χ1) is 14.5. The molecule has 2 unspecified atom stereocenters. The van der Waals surface area contributed by atoms with E-state index in [2.05, 4.69) is 33.8 Å². The van der Waals surface area contributed by atoms with E-state index in [4.69, 9.17) is 13.7 Å². The highest BCUT2D eigenvalue weighted by molar-refractivity contribution is 6.45. The average molecular weight is 426 g/mol. The number of fused-ring (bicyclic) bond motifs is 3. The Morgan fingerprint density at radius 2 is 1.77 bits per heavy atom. The van der Waals surface area contributed by atoms with Gasteiger partial charge in [-0.05, 0) is 82.3 Å². The Morgan fingerprint density at radius 3 is 2.52 bits per heavy atom. The fourth-order valence-corrected chi connectivity index (χ4v) is 6.57. The van der Waals surface area contributed by atoms with Crippen LogP contribution in [-0.2, 0) is 15.6 Å². The summed E-state index contributed by atoms with van der Waals surface area (Å²) in [5.41, 5.74) is 0.174. The topological polar surface area (TPSA) is 72.1 Å². The van der Waals surface area contributed by atoms with E-state index in [1.54, 1.807) is 0 Å². The number of rotatable bonds is 5. The van der Waals surface area contributed by atoms with Gasteiger partial charge < -0.3 is 23.9 Å². The number of furan rings is 1. The van der Waals surface area contributed by atoms with Gasteiger partial charge in [0.15, 0.2) is 0 Å². The van der Waals surface area contributed by atoms with Crippen LogP contribution in [0.1, 0.15) is 65.9 Å². The van der Waals surface area contributed by atoms with Crippen molar-refractivity contribution in [1.82, 2.24) is 0 Å². The van der Waals surface area contributed by atoms with Crippen LogP contribution in [0.3, 0.4) is 0 Å². The van der Waals surface area contributed by atoms with Crippen molar-refractivity contribution in [3.05, 3.63) is 36.1 Å². The smallest absolute Gasteiger partial charge is 0.462 e. The molecule has 1 aromatic carbocycles. The van der Waals surface area contributed by atoms with Crippen LogP contribution in [0, 0.1) is 17.3 Å². The lowest BCUT2D eigenvalue weighted by molar-refractivity contribution is -0.255. The molecule has 0 amide bonds. The molecule has 168 valence electrons. The van der Waals surface area contributed by atoms with Crippen LogP contribution in [0.4, 0.5) is 0 Å². The van der Waals surface area contributed by atoms with Crippen molar-refractivity contribution in [1.29, 1.82) is 0 Å². The molecule has 2 saturated carbocycles. The van der Waals surface area contributed by atoms with E-state index in [1.807, 2.05) is 31.4 Å².